The van der Waals surface area contributed by atoms with Crippen molar-refractivity contribution in [3.05, 3.63) is 42.5 Å². The van der Waals surface area contributed by atoms with Gasteiger partial charge in [-0.1, -0.05) is 0 Å². The Morgan fingerprint density at radius 2 is 1.30 bits per heavy atom. The monoisotopic (exact) mass is 495 g/mol. The normalized spacial score (nSPS) is 12.5. The van der Waals surface area contributed by atoms with E-state index in [-0.39, 0.29) is 27.9 Å². The number of anilines is 1. The average molecular weight is 496 g/mol. The molecule has 0 radical (unpaired) electrons. The summed E-state index contributed by atoms with van der Waals surface area (Å²) in [5, 5.41) is 28.3. The van der Waals surface area contributed by atoms with Gasteiger partial charge in [0, 0.05) is 30.9 Å². The van der Waals surface area contributed by atoms with Gasteiger partial charge in [-0.2, -0.15) is 16.8 Å². The van der Waals surface area contributed by atoms with Crippen LogP contribution in [0.1, 0.15) is 13.8 Å². The smallest absolute Gasteiger partial charge is 0.294 e. The molecule has 0 aromatic heterocycles. The molecule has 0 aliphatic heterocycles. The van der Waals surface area contributed by atoms with E-state index in [0.29, 0.717) is 0 Å². The van der Waals surface area contributed by atoms with Gasteiger partial charge in [-0.15, -0.1) is 10.2 Å². The highest BCUT2D eigenvalue weighted by molar-refractivity contribution is 7.86. The molecule has 3 aromatic carbocycles. The summed E-state index contributed by atoms with van der Waals surface area (Å²) < 4.78 is 65.0. The third-order valence-electron chi connectivity index (χ3n) is 4.90. The van der Waals surface area contributed by atoms with Gasteiger partial charge in [0.1, 0.15) is 17.2 Å². The van der Waals surface area contributed by atoms with Gasteiger partial charge in [0.2, 0.25) is 0 Å². The van der Waals surface area contributed by atoms with Crippen LogP contribution in [0.5, 0.6) is 11.5 Å². The van der Waals surface area contributed by atoms with Crippen LogP contribution in [0.15, 0.2) is 62.5 Å². The number of aromatic hydroxyl groups is 2. The maximum atomic E-state index is 11.7. The summed E-state index contributed by atoms with van der Waals surface area (Å²) in [7, 11) is -9.46. The third kappa shape index (κ3) is 5.22. The van der Waals surface area contributed by atoms with Crippen LogP contribution in [0.25, 0.3) is 10.8 Å². The van der Waals surface area contributed by atoms with Crippen LogP contribution in [-0.4, -0.2) is 49.2 Å². The molecular formula is C20H21N3O8S2. The van der Waals surface area contributed by atoms with Crippen LogP contribution in [-0.2, 0) is 20.2 Å². The van der Waals surface area contributed by atoms with Crippen molar-refractivity contribution >= 4 is 48.1 Å². The summed E-state index contributed by atoms with van der Waals surface area (Å²) in [6.07, 6.45) is 0. The molecule has 0 aliphatic carbocycles. The largest absolute Gasteiger partial charge is 0.507 e. The van der Waals surface area contributed by atoms with Gasteiger partial charge in [0.05, 0.1) is 20.9 Å². The first kappa shape index (κ1) is 24.4. The topological polar surface area (TPSA) is 177 Å². The maximum Gasteiger partial charge on any atom is 0.294 e. The number of nitrogens with zero attached hydrogens (tertiary/aromatic N) is 3. The molecule has 4 N–H and O–H groups in total. The van der Waals surface area contributed by atoms with Crippen molar-refractivity contribution in [2.75, 3.05) is 18.0 Å². The number of fused-ring (bicyclic) bond motifs is 1. The van der Waals surface area contributed by atoms with Gasteiger partial charge in [0.25, 0.3) is 20.2 Å². The minimum Gasteiger partial charge on any atom is -0.507 e. The fourth-order valence-electron chi connectivity index (χ4n) is 3.28. The molecule has 3 rings (SSSR count). The predicted octanol–water partition coefficient (Wildman–Crippen LogP) is 4.01. The van der Waals surface area contributed by atoms with Gasteiger partial charge in [-0.25, -0.2) is 0 Å². The first-order valence-electron chi connectivity index (χ1n) is 9.60. The van der Waals surface area contributed by atoms with Crippen LogP contribution >= 0.6 is 0 Å². The molecule has 0 atom stereocenters. The van der Waals surface area contributed by atoms with Crippen LogP contribution < -0.4 is 4.90 Å². The highest BCUT2D eigenvalue weighted by atomic mass is 32.2. The first-order valence-corrected chi connectivity index (χ1v) is 12.5. The van der Waals surface area contributed by atoms with E-state index in [1.165, 1.54) is 12.1 Å². The molecule has 176 valence electrons. The fraction of sp³-hybridized carbons (Fsp3) is 0.200. The summed E-state index contributed by atoms with van der Waals surface area (Å²) in [6, 6.07) is 8.21. The number of phenolic OH excluding ortho intramolecular Hbond substituents is 2. The molecule has 13 heteroatoms. The molecular weight excluding hydrogens is 474 g/mol. The van der Waals surface area contributed by atoms with E-state index in [1.54, 1.807) is 6.07 Å². The second kappa shape index (κ2) is 8.94. The van der Waals surface area contributed by atoms with E-state index in [9.17, 15) is 36.2 Å². The Morgan fingerprint density at radius 1 is 0.758 bits per heavy atom. The van der Waals surface area contributed by atoms with Gasteiger partial charge < -0.3 is 15.1 Å². The number of phenols is 2. The number of azo groups is 1. The molecule has 0 amide bonds. The predicted molar refractivity (Wildman–Crippen MR) is 121 cm³/mol. The second-order valence-electron chi connectivity index (χ2n) is 6.98. The fourth-order valence-corrected chi connectivity index (χ4v) is 4.36. The van der Waals surface area contributed by atoms with Crippen LogP contribution in [0, 0.1) is 0 Å². The molecule has 0 fully saturated rings. The Hall–Kier alpha value is -3.26. The minimum atomic E-state index is -4.74. The summed E-state index contributed by atoms with van der Waals surface area (Å²) in [6.45, 7) is 5.36. The lowest BCUT2D eigenvalue weighted by molar-refractivity contribution is 0.470. The molecule has 3 aromatic rings. The zero-order chi connectivity index (χ0) is 24.6. The van der Waals surface area contributed by atoms with E-state index in [0.717, 1.165) is 43.0 Å². The van der Waals surface area contributed by atoms with E-state index in [4.69, 9.17) is 0 Å². The van der Waals surface area contributed by atoms with E-state index >= 15 is 0 Å². The highest BCUT2D eigenvalue weighted by Gasteiger charge is 2.20. The Labute approximate surface area is 190 Å². The molecule has 0 heterocycles. The van der Waals surface area contributed by atoms with Crippen molar-refractivity contribution in [2.45, 2.75) is 23.6 Å². The molecule has 11 nitrogen and oxygen atoms in total. The standard InChI is InChI=1S/C20H21N3O8S2/c1-3-23(4-2)13-5-6-16(18(24)9-13)21-22-17-10-14(32(26,27)28)7-12-8-15(33(29,30)31)11-19(25)20(12)17/h5-11,24-25H,3-4H2,1-2H3,(H,26,27,28)(H,29,30,31)/b22-21-. The zero-order valence-electron chi connectivity index (χ0n) is 17.5. The van der Waals surface area contributed by atoms with Gasteiger partial charge in [-0.05, 0) is 49.6 Å². The molecule has 0 unspecified atom stereocenters. The number of hydrogen-bond acceptors (Lipinski definition) is 9. The van der Waals surface area contributed by atoms with Crippen molar-refractivity contribution in [2.24, 2.45) is 10.2 Å². The summed E-state index contributed by atoms with van der Waals surface area (Å²) in [5.74, 6) is -0.826. The van der Waals surface area contributed by atoms with Crippen molar-refractivity contribution in [1.82, 2.24) is 0 Å². The number of rotatable bonds is 7. The average Bonchev–Trinajstić information content (AvgIpc) is 2.72. The van der Waals surface area contributed by atoms with E-state index in [1.807, 2.05) is 18.7 Å². The molecule has 0 spiro atoms. The van der Waals surface area contributed by atoms with Crippen LogP contribution in [0.4, 0.5) is 17.1 Å². The summed E-state index contributed by atoms with van der Waals surface area (Å²) >= 11 is 0. The van der Waals surface area contributed by atoms with E-state index < -0.39 is 35.8 Å². The molecule has 0 bridgehead atoms. The lowest BCUT2D eigenvalue weighted by Crippen LogP contribution is -2.21. The van der Waals surface area contributed by atoms with Crippen molar-refractivity contribution in [3.63, 3.8) is 0 Å². The molecule has 0 saturated heterocycles. The van der Waals surface area contributed by atoms with Gasteiger partial charge >= 0.3 is 0 Å². The van der Waals surface area contributed by atoms with Crippen molar-refractivity contribution in [1.29, 1.82) is 0 Å². The van der Waals surface area contributed by atoms with Gasteiger partial charge in [0.15, 0.2) is 0 Å². The van der Waals surface area contributed by atoms with Crippen LogP contribution in [0.2, 0.25) is 0 Å². The Bertz CT molecular complexity index is 1460. The maximum absolute atomic E-state index is 11.7. The zero-order valence-corrected chi connectivity index (χ0v) is 19.2. The van der Waals surface area contributed by atoms with Crippen molar-refractivity contribution in [3.8, 4) is 11.5 Å². The van der Waals surface area contributed by atoms with Crippen LogP contribution in [0.3, 0.4) is 0 Å². The SMILES string of the molecule is CCN(CC)c1ccc(/N=N\c2cc(S(=O)(=O)O)cc3cc(S(=O)(=O)O)cc(O)c23)c(O)c1. The Kier molecular flexibility index (Phi) is 6.61. The lowest BCUT2D eigenvalue weighted by Gasteiger charge is -2.21. The quantitative estimate of drug-likeness (QED) is 0.278. The Morgan fingerprint density at radius 3 is 1.82 bits per heavy atom. The van der Waals surface area contributed by atoms with E-state index in [2.05, 4.69) is 10.2 Å². The van der Waals surface area contributed by atoms with Gasteiger partial charge in [-0.3, -0.25) is 9.11 Å². The molecule has 33 heavy (non-hydrogen) atoms. The minimum absolute atomic E-state index is 0.0466. The molecule has 0 aliphatic rings. The number of hydrogen-bond donors (Lipinski definition) is 4. The Balaban J connectivity index is 2.19. The summed E-state index contributed by atoms with van der Waals surface area (Å²) in [4.78, 5) is 0.665. The van der Waals surface area contributed by atoms with Crippen molar-refractivity contribution < 1.29 is 36.2 Å². The number of benzene rings is 3. The third-order valence-corrected chi connectivity index (χ3v) is 6.57. The summed E-state index contributed by atoms with van der Waals surface area (Å²) in [5.41, 5.74) is 0.572. The highest BCUT2D eigenvalue weighted by Crippen LogP contribution is 2.39. The first-order chi connectivity index (χ1) is 15.3. The molecule has 0 saturated carbocycles. The lowest BCUT2D eigenvalue weighted by atomic mass is 10.1. The second-order valence-corrected chi connectivity index (χ2v) is 9.82.